The second kappa shape index (κ2) is 10.4. The first kappa shape index (κ1) is 29.4. The average Bonchev–Trinajstić information content (AvgIpc) is 2.94. The van der Waals surface area contributed by atoms with E-state index < -0.39 is 35.9 Å². The molecule has 0 radical (unpaired) electrons. The van der Waals surface area contributed by atoms with E-state index in [1.165, 1.54) is 57.8 Å². The van der Waals surface area contributed by atoms with Crippen molar-refractivity contribution in [1.29, 1.82) is 0 Å². The van der Waals surface area contributed by atoms with Gasteiger partial charge in [-0.2, -0.15) is 0 Å². The first-order chi connectivity index (χ1) is 21.1. The summed E-state index contributed by atoms with van der Waals surface area (Å²) in [6, 6.07) is 0. The molecule has 12 rings (SSSR count). The number of hydrogen-bond acceptors (Lipinski definition) is 6. The van der Waals surface area contributed by atoms with Gasteiger partial charge in [0.05, 0.1) is 0 Å². The van der Waals surface area contributed by atoms with Crippen molar-refractivity contribution in [3.05, 3.63) is 0 Å². The average molecular weight is 714 g/mol. The van der Waals surface area contributed by atoms with E-state index in [1.54, 1.807) is 0 Å². The normalized spacial score (nSPS) is 50.0. The van der Waals surface area contributed by atoms with Gasteiger partial charge in [-0.1, -0.05) is 0 Å². The SMILES string of the molecule is CCC[CH2][Sn]([O]C(=O)C12CC3CC(CC(C3)C1)C2)([O]C(=O)C12CC3CC(CC(C3)C1)C2)[O]C(=O)C12CC3CC(CC(C3)C1)C2. The van der Waals surface area contributed by atoms with Gasteiger partial charge in [0.1, 0.15) is 0 Å². The van der Waals surface area contributed by atoms with Crippen molar-refractivity contribution in [2.75, 3.05) is 0 Å². The van der Waals surface area contributed by atoms with Crippen LogP contribution >= 0.6 is 0 Å². The molecule has 0 saturated heterocycles. The molecule has 0 aromatic heterocycles. The van der Waals surface area contributed by atoms with Crippen molar-refractivity contribution < 1.29 is 23.6 Å². The number of rotatable bonds is 9. The number of unbranched alkanes of at least 4 members (excludes halogenated alkanes) is 1. The molecular weight excluding hydrogens is 659 g/mol. The molecule has 0 unspecified atom stereocenters. The fourth-order valence-electron chi connectivity index (χ4n) is 14.4. The third-order valence-corrected chi connectivity index (χ3v) is 22.0. The van der Waals surface area contributed by atoms with Gasteiger partial charge in [-0.3, -0.25) is 0 Å². The Kier molecular flexibility index (Phi) is 6.91. The first-order valence-electron chi connectivity index (χ1n) is 18.9. The summed E-state index contributed by atoms with van der Waals surface area (Å²) >= 11 is -5.07. The Hall–Kier alpha value is -0.791. The Morgan fingerprint density at radius 2 is 0.705 bits per heavy atom. The molecule has 0 amide bonds. The van der Waals surface area contributed by atoms with Crippen molar-refractivity contribution in [3.63, 3.8) is 0 Å². The van der Waals surface area contributed by atoms with E-state index in [4.69, 9.17) is 9.22 Å². The summed E-state index contributed by atoms with van der Waals surface area (Å²) in [5.74, 6) is 4.99. The zero-order valence-corrected chi connectivity index (χ0v) is 29.8. The van der Waals surface area contributed by atoms with Gasteiger partial charge in [-0.05, 0) is 0 Å². The van der Waals surface area contributed by atoms with E-state index in [2.05, 4.69) is 6.92 Å². The van der Waals surface area contributed by atoms with Crippen LogP contribution < -0.4 is 0 Å². The molecule has 6 nitrogen and oxygen atoms in total. The molecule has 0 aromatic carbocycles. The van der Waals surface area contributed by atoms with Gasteiger partial charge < -0.3 is 0 Å². The van der Waals surface area contributed by atoms with Crippen LogP contribution in [-0.2, 0) is 23.6 Å². The van der Waals surface area contributed by atoms with Crippen molar-refractivity contribution >= 4 is 37.5 Å². The summed E-state index contributed by atoms with van der Waals surface area (Å²) in [4.78, 5) is 43.7. The molecule has 242 valence electrons. The zero-order valence-electron chi connectivity index (χ0n) is 27.0. The summed E-state index contributed by atoms with van der Waals surface area (Å²) in [7, 11) is 0. The molecule has 12 bridgehead atoms. The first-order valence-corrected chi connectivity index (χ1v) is 24.4. The van der Waals surface area contributed by atoms with Crippen LogP contribution in [0.25, 0.3) is 0 Å². The fourth-order valence-corrected chi connectivity index (χ4v) is 22.2. The standard InChI is InChI=1S/3C11H16O2.C4H9.Sn/c3*12-10(13)11-4-7-1-8(5-11)3-9(2-7)6-11;1-3-4-2;/h3*7-9H,1-6H2,(H,12,13);1,3-4H2,2H3;/q;;;;+3/p-3. The van der Waals surface area contributed by atoms with Crippen LogP contribution in [-0.4, -0.2) is 37.5 Å². The third kappa shape index (κ3) is 4.77. The maximum absolute atomic E-state index is 14.6. The molecule has 0 aromatic rings. The molecule has 0 spiro atoms. The minimum atomic E-state index is -5.07. The van der Waals surface area contributed by atoms with Crippen LogP contribution in [0.2, 0.25) is 4.44 Å². The summed E-state index contributed by atoms with van der Waals surface area (Å²) in [6.07, 6.45) is 21.0. The summed E-state index contributed by atoms with van der Waals surface area (Å²) in [6.45, 7) is 2.12. The van der Waals surface area contributed by atoms with Gasteiger partial charge in [0.25, 0.3) is 0 Å². The number of hydrogen-bond donors (Lipinski definition) is 0. The van der Waals surface area contributed by atoms with Crippen LogP contribution in [0.4, 0.5) is 0 Å². The van der Waals surface area contributed by atoms with Gasteiger partial charge in [-0.25, -0.2) is 0 Å². The zero-order chi connectivity index (χ0) is 29.9. The predicted octanol–water partition coefficient (Wildman–Crippen LogP) is 8.00. The van der Waals surface area contributed by atoms with E-state index in [-0.39, 0.29) is 17.9 Å². The summed E-state index contributed by atoms with van der Waals surface area (Å²) < 4.78 is 20.8. The topological polar surface area (TPSA) is 78.9 Å². The Balaban J connectivity index is 1.04. The number of carbonyl (C=O) groups is 3. The van der Waals surface area contributed by atoms with Crippen molar-refractivity contribution in [2.45, 2.75) is 140 Å². The van der Waals surface area contributed by atoms with Crippen molar-refractivity contribution in [1.82, 2.24) is 0 Å². The van der Waals surface area contributed by atoms with Gasteiger partial charge >= 0.3 is 270 Å². The molecule has 12 saturated carbocycles. The van der Waals surface area contributed by atoms with Gasteiger partial charge in [0.15, 0.2) is 0 Å². The summed E-state index contributed by atoms with van der Waals surface area (Å²) in [5, 5.41) is 0. The third-order valence-electron chi connectivity index (χ3n) is 15.0. The van der Waals surface area contributed by atoms with Gasteiger partial charge in [-0.15, -0.1) is 0 Å². The molecule has 0 heterocycles. The Labute approximate surface area is 269 Å². The van der Waals surface area contributed by atoms with E-state index in [1.807, 2.05) is 0 Å². The van der Waals surface area contributed by atoms with Gasteiger partial charge in [0, 0.05) is 0 Å². The van der Waals surface area contributed by atoms with Gasteiger partial charge in [0.2, 0.25) is 0 Å². The van der Waals surface area contributed by atoms with Crippen LogP contribution in [0.5, 0.6) is 0 Å². The van der Waals surface area contributed by atoms with Crippen molar-refractivity contribution in [3.8, 4) is 0 Å². The van der Waals surface area contributed by atoms with E-state index in [9.17, 15) is 14.4 Å². The molecule has 0 N–H and O–H groups in total. The quantitative estimate of drug-likeness (QED) is 0.226. The molecular formula is C37H54O6Sn. The number of carbonyl (C=O) groups excluding carboxylic acids is 3. The van der Waals surface area contributed by atoms with Crippen LogP contribution in [0.15, 0.2) is 0 Å². The molecule has 0 aliphatic heterocycles. The van der Waals surface area contributed by atoms with Crippen LogP contribution in [0.3, 0.4) is 0 Å². The van der Waals surface area contributed by atoms with E-state index in [0.29, 0.717) is 57.7 Å². The molecule has 12 fully saturated rings. The fraction of sp³-hybridized carbons (Fsp3) is 0.919. The van der Waals surface area contributed by atoms with E-state index >= 15 is 0 Å². The maximum atomic E-state index is 14.6. The van der Waals surface area contributed by atoms with Crippen LogP contribution in [0, 0.1) is 69.5 Å². The monoisotopic (exact) mass is 714 g/mol. The van der Waals surface area contributed by atoms with Crippen molar-refractivity contribution in [2.24, 2.45) is 69.5 Å². The summed E-state index contributed by atoms with van der Waals surface area (Å²) in [5.41, 5.74) is -1.41. The predicted molar refractivity (Wildman–Crippen MR) is 166 cm³/mol. The Bertz CT molecular complexity index is 976. The molecule has 44 heavy (non-hydrogen) atoms. The molecule has 12 aliphatic carbocycles. The van der Waals surface area contributed by atoms with Crippen LogP contribution in [0.1, 0.15) is 135 Å². The minimum absolute atomic E-state index is 0.167. The molecule has 12 aliphatic rings. The molecule has 0 atom stereocenters. The second-order valence-corrected chi connectivity index (χ2v) is 25.6. The Morgan fingerprint density at radius 1 is 0.477 bits per heavy atom. The Morgan fingerprint density at radius 3 is 0.909 bits per heavy atom. The van der Waals surface area contributed by atoms with E-state index in [0.717, 1.165) is 70.6 Å². The molecule has 7 heteroatoms. The second-order valence-electron chi connectivity index (χ2n) is 18.5.